The Kier molecular flexibility index (Phi) is 4.25. The van der Waals surface area contributed by atoms with Gasteiger partial charge in [-0.2, -0.15) is 5.10 Å². The highest BCUT2D eigenvalue weighted by Crippen LogP contribution is 2.08. The normalized spacial score (nSPS) is 10.5. The maximum Gasteiger partial charge on any atom is 0.191 e. The van der Waals surface area contributed by atoms with Crippen LogP contribution in [0.3, 0.4) is 0 Å². The zero-order valence-electron chi connectivity index (χ0n) is 10.4. The lowest BCUT2D eigenvalue weighted by Gasteiger charge is -2.00. The fourth-order valence-corrected chi connectivity index (χ4v) is 1.58. The van der Waals surface area contributed by atoms with E-state index in [1.807, 2.05) is 37.3 Å². The van der Waals surface area contributed by atoms with E-state index in [2.05, 4.69) is 5.10 Å². The molecule has 0 saturated heterocycles. The summed E-state index contributed by atoms with van der Waals surface area (Å²) >= 11 is 0. The molecule has 0 bridgehead atoms. The van der Waals surface area contributed by atoms with Gasteiger partial charge >= 0.3 is 0 Å². The number of ether oxygens (including phenoxy) is 1. The molecule has 0 unspecified atom stereocenters. The van der Waals surface area contributed by atoms with Crippen LogP contribution in [0.5, 0.6) is 0 Å². The summed E-state index contributed by atoms with van der Waals surface area (Å²) in [5, 5.41) is 4.18. The Bertz CT molecular complexity index is 506. The summed E-state index contributed by atoms with van der Waals surface area (Å²) in [7, 11) is 0. The molecule has 1 aromatic heterocycles. The maximum absolute atomic E-state index is 11.8. The van der Waals surface area contributed by atoms with Crippen LogP contribution in [0.4, 0.5) is 0 Å². The molecule has 0 atom stereocenters. The minimum atomic E-state index is -0.0365. The molecule has 4 heteroatoms. The number of carbonyl (C=O) groups is 1. The standard InChI is InChI=1S/C14H16N2O2/c1-2-8-18-11-14(17)12-9-15-16(10-12)13-6-4-3-5-7-13/h3-7,9-10H,2,8,11H2,1H3. The van der Waals surface area contributed by atoms with Gasteiger partial charge in [-0.1, -0.05) is 25.1 Å². The van der Waals surface area contributed by atoms with Gasteiger partial charge in [-0.25, -0.2) is 4.68 Å². The molecular formula is C14H16N2O2. The first-order valence-corrected chi connectivity index (χ1v) is 6.02. The van der Waals surface area contributed by atoms with Crippen LogP contribution in [-0.2, 0) is 4.74 Å². The van der Waals surface area contributed by atoms with E-state index in [0.29, 0.717) is 12.2 Å². The summed E-state index contributed by atoms with van der Waals surface area (Å²) in [6.45, 7) is 2.74. The Morgan fingerprint density at radius 1 is 1.33 bits per heavy atom. The zero-order chi connectivity index (χ0) is 12.8. The number of aromatic nitrogens is 2. The predicted molar refractivity (Wildman–Crippen MR) is 69.0 cm³/mol. The van der Waals surface area contributed by atoms with E-state index in [9.17, 15) is 4.79 Å². The van der Waals surface area contributed by atoms with Gasteiger partial charge in [0.15, 0.2) is 5.78 Å². The first-order valence-electron chi connectivity index (χ1n) is 6.02. The van der Waals surface area contributed by atoms with Crippen molar-refractivity contribution in [1.82, 2.24) is 9.78 Å². The second-order valence-electron chi connectivity index (χ2n) is 3.98. The van der Waals surface area contributed by atoms with E-state index in [1.165, 1.54) is 0 Å². The van der Waals surface area contributed by atoms with Crippen LogP contribution in [0, 0.1) is 0 Å². The lowest BCUT2D eigenvalue weighted by molar-refractivity contribution is 0.0761. The van der Waals surface area contributed by atoms with Gasteiger partial charge in [0.1, 0.15) is 6.61 Å². The van der Waals surface area contributed by atoms with Crippen molar-refractivity contribution in [2.45, 2.75) is 13.3 Å². The number of hydrogen-bond donors (Lipinski definition) is 0. The molecule has 2 rings (SSSR count). The molecule has 94 valence electrons. The number of ketones is 1. The number of carbonyl (C=O) groups excluding carboxylic acids is 1. The fourth-order valence-electron chi connectivity index (χ4n) is 1.58. The first kappa shape index (κ1) is 12.5. The van der Waals surface area contributed by atoms with Gasteiger partial charge in [0.25, 0.3) is 0 Å². The third kappa shape index (κ3) is 3.05. The van der Waals surface area contributed by atoms with Crippen LogP contribution in [0.15, 0.2) is 42.7 Å². The number of benzene rings is 1. The summed E-state index contributed by atoms with van der Waals surface area (Å²) in [4.78, 5) is 11.8. The van der Waals surface area contributed by atoms with Gasteiger partial charge in [-0.15, -0.1) is 0 Å². The van der Waals surface area contributed by atoms with Gasteiger partial charge < -0.3 is 4.74 Å². The molecule has 0 aliphatic heterocycles. The van der Waals surface area contributed by atoms with Gasteiger partial charge in [0.2, 0.25) is 0 Å². The van der Waals surface area contributed by atoms with Crippen molar-refractivity contribution in [2.75, 3.05) is 13.2 Å². The summed E-state index contributed by atoms with van der Waals surface area (Å²) in [6, 6.07) is 9.69. The third-order valence-electron chi connectivity index (χ3n) is 2.51. The molecule has 2 aromatic rings. The largest absolute Gasteiger partial charge is 0.373 e. The summed E-state index contributed by atoms with van der Waals surface area (Å²) in [5.74, 6) is -0.0365. The second-order valence-corrected chi connectivity index (χ2v) is 3.98. The van der Waals surface area contributed by atoms with E-state index in [-0.39, 0.29) is 12.4 Å². The molecule has 0 spiro atoms. The van der Waals surface area contributed by atoms with Crippen LogP contribution < -0.4 is 0 Å². The lowest BCUT2D eigenvalue weighted by atomic mass is 10.2. The van der Waals surface area contributed by atoms with Gasteiger partial charge in [-0.3, -0.25) is 4.79 Å². The topological polar surface area (TPSA) is 44.1 Å². The second kappa shape index (κ2) is 6.12. The molecule has 1 aromatic carbocycles. The predicted octanol–water partition coefficient (Wildman–Crippen LogP) is 2.48. The van der Waals surface area contributed by atoms with Gasteiger partial charge in [-0.05, 0) is 18.6 Å². The number of Topliss-reactive ketones (excluding diaryl/α,β-unsaturated/α-hetero) is 1. The van der Waals surface area contributed by atoms with Crippen LogP contribution in [0.25, 0.3) is 5.69 Å². The Balaban J connectivity index is 2.04. The smallest absolute Gasteiger partial charge is 0.191 e. The van der Waals surface area contributed by atoms with Crippen LogP contribution in [0.2, 0.25) is 0 Å². The monoisotopic (exact) mass is 244 g/mol. The molecule has 0 saturated carbocycles. The van der Waals surface area contributed by atoms with Crippen molar-refractivity contribution in [3.8, 4) is 5.69 Å². The molecule has 0 N–H and O–H groups in total. The molecule has 0 radical (unpaired) electrons. The highest BCUT2D eigenvalue weighted by molar-refractivity contribution is 5.96. The Morgan fingerprint density at radius 3 is 2.83 bits per heavy atom. The molecule has 0 amide bonds. The first-order chi connectivity index (χ1) is 8.81. The van der Waals surface area contributed by atoms with Crippen molar-refractivity contribution in [3.63, 3.8) is 0 Å². The molecular weight excluding hydrogens is 228 g/mol. The number of para-hydroxylation sites is 1. The SMILES string of the molecule is CCCOCC(=O)c1cnn(-c2ccccc2)c1. The highest BCUT2D eigenvalue weighted by Gasteiger charge is 2.09. The van der Waals surface area contributed by atoms with Gasteiger partial charge in [0.05, 0.1) is 17.4 Å². The fraction of sp³-hybridized carbons (Fsp3) is 0.286. The average molecular weight is 244 g/mol. The van der Waals surface area contributed by atoms with E-state index >= 15 is 0 Å². The van der Waals surface area contributed by atoms with Crippen molar-refractivity contribution in [3.05, 3.63) is 48.3 Å². The van der Waals surface area contributed by atoms with E-state index in [0.717, 1.165) is 12.1 Å². The van der Waals surface area contributed by atoms with E-state index < -0.39 is 0 Å². The molecule has 4 nitrogen and oxygen atoms in total. The lowest BCUT2D eigenvalue weighted by Crippen LogP contribution is -2.08. The summed E-state index contributed by atoms with van der Waals surface area (Å²) in [5.41, 5.74) is 1.51. The van der Waals surface area contributed by atoms with Crippen molar-refractivity contribution >= 4 is 5.78 Å². The minimum Gasteiger partial charge on any atom is -0.373 e. The molecule has 1 heterocycles. The Labute approximate surface area is 106 Å². The molecule has 0 fully saturated rings. The number of nitrogens with zero attached hydrogens (tertiary/aromatic N) is 2. The van der Waals surface area contributed by atoms with Crippen molar-refractivity contribution in [2.24, 2.45) is 0 Å². The van der Waals surface area contributed by atoms with Gasteiger partial charge in [0, 0.05) is 12.8 Å². The zero-order valence-corrected chi connectivity index (χ0v) is 10.4. The molecule has 0 aliphatic rings. The van der Waals surface area contributed by atoms with Crippen LogP contribution in [-0.4, -0.2) is 28.8 Å². The van der Waals surface area contributed by atoms with Crippen LogP contribution in [0.1, 0.15) is 23.7 Å². The maximum atomic E-state index is 11.8. The Morgan fingerprint density at radius 2 is 2.11 bits per heavy atom. The van der Waals surface area contributed by atoms with E-state index in [1.54, 1.807) is 17.1 Å². The average Bonchev–Trinajstić information content (AvgIpc) is 2.89. The summed E-state index contributed by atoms with van der Waals surface area (Å²) in [6.07, 6.45) is 4.22. The molecule has 18 heavy (non-hydrogen) atoms. The third-order valence-corrected chi connectivity index (χ3v) is 2.51. The Hall–Kier alpha value is -1.94. The quantitative estimate of drug-likeness (QED) is 0.579. The van der Waals surface area contributed by atoms with E-state index in [4.69, 9.17) is 4.74 Å². The van der Waals surface area contributed by atoms with Crippen LogP contribution >= 0.6 is 0 Å². The van der Waals surface area contributed by atoms with Crippen molar-refractivity contribution < 1.29 is 9.53 Å². The highest BCUT2D eigenvalue weighted by atomic mass is 16.5. The van der Waals surface area contributed by atoms with Crippen molar-refractivity contribution in [1.29, 1.82) is 0 Å². The minimum absolute atomic E-state index is 0.0365. The number of hydrogen-bond acceptors (Lipinski definition) is 3. The summed E-state index contributed by atoms with van der Waals surface area (Å²) < 4.78 is 6.91. The molecule has 0 aliphatic carbocycles. The number of rotatable bonds is 6.